The van der Waals surface area contributed by atoms with E-state index in [1.165, 1.54) is 22.2 Å². The van der Waals surface area contributed by atoms with E-state index in [1.54, 1.807) is 14.2 Å². The van der Waals surface area contributed by atoms with E-state index >= 15 is 0 Å². The molecule has 124 valence electrons. The number of hydroxylamine groups is 2. The normalized spacial score (nSPS) is 24.2. The lowest BCUT2D eigenvalue weighted by Crippen LogP contribution is -2.54. The zero-order chi connectivity index (χ0) is 16.7. The van der Waals surface area contributed by atoms with Gasteiger partial charge >= 0.3 is 0 Å². The fraction of sp³-hybridized carbons (Fsp3) is 0.300. The van der Waals surface area contributed by atoms with Gasteiger partial charge in [-0.25, -0.2) is 0 Å². The van der Waals surface area contributed by atoms with E-state index in [-0.39, 0.29) is 6.23 Å². The molecule has 4 rings (SSSR count). The van der Waals surface area contributed by atoms with Crippen molar-refractivity contribution in [3.05, 3.63) is 71.4 Å². The monoisotopic (exact) mass is 322 g/mol. The average molecular weight is 322 g/mol. The van der Waals surface area contributed by atoms with Crippen LogP contribution in [0.1, 0.15) is 23.7 Å². The van der Waals surface area contributed by atoms with Gasteiger partial charge in [-0.2, -0.15) is 0 Å². The second kappa shape index (κ2) is 5.74. The van der Waals surface area contributed by atoms with Crippen molar-refractivity contribution in [3.63, 3.8) is 0 Å². The highest BCUT2D eigenvalue weighted by atomic mass is 16.7. The summed E-state index contributed by atoms with van der Waals surface area (Å²) in [6, 6.07) is 18.9. The lowest BCUT2D eigenvalue weighted by Gasteiger charge is -2.46. The van der Waals surface area contributed by atoms with Crippen molar-refractivity contribution in [1.29, 1.82) is 0 Å². The second-order valence-electron chi connectivity index (χ2n) is 6.37. The Bertz CT molecular complexity index is 858. The van der Waals surface area contributed by atoms with E-state index in [2.05, 4.69) is 60.4 Å². The zero-order valence-corrected chi connectivity index (χ0v) is 14.2. The largest absolute Gasteiger partial charge is 0.364 e. The number of rotatable bonds is 3. The number of nitrogens with zero attached hydrogens (tertiary/aromatic N) is 1. The average Bonchev–Trinajstić information content (AvgIpc) is 3.01. The molecular formula is C20H22N2O2. The van der Waals surface area contributed by atoms with Crippen LogP contribution in [0.2, 0.25) is 0 Å². The van der Waals surface area contributed by atoms with E-state index in [9.17, 15) is 0 Å². The van der Waals surface area contributed by atoms with E-state index in [0.29, 0.717) is 0 Å². The molecule has 2 aromatic carbocycles. The van der Waals surface area contributed by atoms with Crippen LogP contribution in [0.3, 0.4) is 0 Å². The van der Waals surface area contributed by atoms with E-state index in [4.69, 9.17) is 9.57 Å². The summed E-state index contributed by atoms with van der Waals surface area (Å²) >= 11 is 0. The molecule has 1 aliphatic rings. The van der Waals surface area contributed by atoms with Gasteiger partial charge in [0.25, 0.3) is 0 Å². The smallest absolute Gasteiger partial charge is 0.138 e. The molecule has 0 aliphatic carbocycles. The van der Waals surface area contributed by atoms with Gasteiger partial charge in [-0.3, -0.25) is 4.84 Å². The van der Waals surface area contributed by atoms with Gasteiger partial charge in [-0.05, 0) is 24.1 Å². The van der Waals surface area contributed by atoms with Crippen LogP contribution < -0.4 is 0 Å². The first-order valence-corrected chi connectivity index (χ1v) is 8.22. The zero-order valence-electron chi connectivity index (χ0n) is 14.2. The Kier molecular flexibility index (Phi) is 3.68. The van der Waals surface area contributed by atoms with Crippen LogP contribution in [0.15, 0.2) is 54.6 Å². The predicted octanol–water partition coefficient (Wildman–Crippen LogP) is 3.82. The lowest BCUT2D eigenvalue weighted by molar-refractivity contribution is -0.279. The highest BCUT2D eigenvalue weighted by Crippen LogP contribution is 2.45. The summed E-state index contributed by atoms with van der Waals surface area (Å²) in [6.07, 6.45) is 0.637. The topological polar surface area (TPSA) is 37.5 Å². The maximum Gasteiger partial charge on any atom is 0.138 e. The standard InChI is InChI=1S/C20H22N2O2/c1-20(14-9-5-4-6-10-14)19-16(13-18(23-2)22(20)24-3)15-11-7-8-12-17(15)21-19/h4-12,18,21H,13H2,1-3H3. The fourth-order valence-electron chi connectivity index (χ4n) is 4.00. The third kappa shape index (κ3) is 2.04. The lowest BCUT2D eigenvalue weighted by atomic mass is 9.81. The van der Waals surface area contributed by atoms with Crippen LogP contribution >= 0.6 is 0 Å². The molecule has 0 spiro atoms. The van der Waals surface area contributed by atoms with Gasteiger partial charge in [0, 0.05) is 30.1 Å². The number of ether oxygens (including phenoxy) is 1. The number of benzene rings is 2. The van der Waals surface area contributed by atoms with Gasteiger partial charge in [0.2, 0.25) is 0 Å². The number of para-hydroxylation sites is 1. The molecular weight excluding hydrogens is 300 g/mol. The number of hydrogen-bond acceptors (Lipinski definition) is 3. The number of hydrogen-bond donors (Lipinski definition) is 1. The molecule has 2 heterocycles. The Hall–Kier alpha value is -2.14. The Labute approximate surface area is 142 Å². The second-order valence-corrected chi connectivity index (χ2v) is 6.37. The van der Waals surface area contributed by atoms with Crippen LogP contribution in [-0.2, 0) is 21.5 Å². The molecule has 1 aliphatic heterocycles. The molecule has 4 nitrogen and oxygen atoms in total. The predicted molar refractivity (Wildman–Crippen MR) is 94.5 cm³/mol. The maximum absolute atomic E-state index is 5.81. The molecule has 0 fully saturated rings. The van der Waals surface area contributed by atoms with Gasteiger partial charge in [0.15, 0.2) is 0 Å². The molecule has 0 saturated carbocycles. The van der Waals surface area contributed by atoms with E-state index in [1.807, 2.05) is 11.1 Å². The number of H-pyrrole nitrogens is 1. The summed E-state index contributed by atoms with van der Waals surface area (Å²) in [6.45, 7) is 2.19. The minimum absolute atomic E-state index is 0.146. The first-order chi connectivity index (χ1) is 11.7. The molecule has 3 aromatic rings. The van der Waals surface area contributed by atoms with Gasteiger partial charge in [0.05, 0.1) is 7.11 Å². The molecule has 1 aromatic heterocycles. The van der Waals surface area contributed by atoms with Gasteiger partial charge < -0.3 is 9.72 Å². The molecule has 2 atom stereocenters. The molecule has 0 amide bonds. The Morgan fingerprint density at radius 1 is 1.04 bits per heavy atom. The third-order valence-corrected chi connectivity index (χ3v) is 5.19. The molecule has 0 bridgehead atoms. The molecule has 24 heavy (non-hydrogen) atoms. The number of aromatic amines is 1. The summed E-state index contributed by atoms with van der Waals surface area (Å²) in [7, 11) is 3.45. The van der Waals surface area contributed by atoms with Crippen molar-refractivity contribution >= 4 is 10.9 Å². The maximum atomic E-state index is 5.81. The van der Waals surface area contributed by atoms with Crippen molar-refractivity contribution in [2.45, 2.75) is 25.1 Å². The quantitative estimate of drug-likeness (QED) is 0.796. The summed E-state index contributed by atoms with van der Waals surface area (Å²) in [5, 5.41) is 3.22. The fourth-order valence-corrected chi connectivity index (χ4v) is 4.00. The number of nitrogens with one attached hydrogen (secondary N) is 1. The minimum Gasteiger partial charge on any atom is -0.364 e. The summed E-state index contributed by atoms with van der Waals surface area (Å²) in [4.78, 5) is 9.44. The number of aromatic nitrogens is 1. The highest BCUT2D eigenvalue weighted by Gasteiger charge is 2.47. The molecule has 0 saturated heterocycles. The number of methoxy groups -OCH3 is 1. The van der Waals surface area contributed by atoms with Crippen molar-refractivity contribution in [1.82, 2.24) is 10.0 Å². The van der Waals surface area contributed by atoms with Gasteiger partial charge in [0.1, 0.15) is 11.8 Å². The Morgan fingerprint density at radius 3 is 2.46 bits per heavy atom. The van der Waals surface area contributed by atoms with E-state index < -0.39 is 5.54 Å². The Balaban J connectivity index is 2.03. The van der Waals surface area contributed by atoms with Crippen LogP contribution in [0.4, 0.5) is 0 Å². The molecule has 0 radical (unpaired) electrons. The van der Waals surface area contributed by atoms with Gasteiger partial charge in [-0.15, -0.1) is 5.06 Å². The summed E-state index contributed by atoms with van der Waals surface area (Å²) in [5.41, 5.74) is 4.34. The third-order valence-electron chi connectivity index (χ3n) is 5.19. The summed E-state index contributed by atoms with van der Waals surface area (Å²) in [5.74, 6) is 0. The highest BCUT2D eigenvalue weighted by molar-refractivity contribution is 5.85. The molecule has 2 unspecified atom stereocenters. The van der Waals surface area contributed by atoms with Crippen LogP contribution in [0.25, 0.3) is 10.9 Å². The summed E-state index contributed by atoms with van der Waals surface area (Å²) < 4.78 is 5.77. The van der Waals surface area contributed by atoms with Gasteiger partial charge in [-0.1, -0.05) is 48.5 Å². The molecule has 4 heteroatoms. The van der Waals surface area contributed by atoms with Crippen LogP contribution in [0, 0.1) is 0 Å². The first kappa shape index (κ1) is 15.4. The van der Waals surface area contributed by atoms with Crippen molar-refractivity contribution in [2.24, 2.45) is 0 Å². The van der Waals surface area contributed by atoms with Crippen LogP contribution in [-0.4, -0.2) is 30.5 Å². The minimum atomic E-state index is -0.455. The van der Waals surface area contributed by atoms with E-state index in [0.717, 1.165) is 11.9 Å². The molecule has 1 N–H and O–H groups in total. The number of fused-ring (bicyclic) bond motifs is 3. The van der Waals surface area contributed by atoms with Crippen LogP contribution in [0.5, 0.6) is 0 Å². The Morgan fingerprint density at radius 2 is 1.75 bits per heavy atom. The van der Waals surface area contributed by atoms with Crippen molar-refractivity contribution < 1.29 is 9.57 Å². The first-order valence-electron chi connectivity index (χ1n) is 8.22. The van der Waals surface area contributed by atoms with Crippen molar-refractivity contribution in [3.8, 4) is 0 Å². The SMILES string of the molecule is COC1Cc2c([nH]c3ccccc23)C(C)(c2ccccc2)N1OC. The van der Waals surface area contributed by atoms with Crippen molar-refractivity contribution in [2.75, 3.05) is 14.2 Å².